The molecule has 0 unspecified atom stereocenters. The van der Waals surface area contributed by atoms with E-state index in [0.717, 1.165) is 4.47 Å². The number of imide groups is 1. The van der Waals surface area contributed by atoms with Crippen LogP contribution in [0, 0.1) is 0 Å². The summed E-state index contributed by atoms with van der Waals surface area (Å²) < 4.78 is 10.8. The van der Waals surface area contributed by atoms with Gasteiger partial charge in [0.1, 0.15) is 5.75 Å². The minimum absolute atomic E-state index is 0.306. The molecule has 0 saturated heterocycles. The Morgan fingerprint density at radius 1 is 1.40 bits per heavy atom. The standard InChI is InChI=1S/C12H14BrClN2O4/c1-19-5-4-15-12(18)16-11(17)7-20-10-3-2-8(13)6-9(10)14/h2-3,6H,4-5,7H2,1H3,(H2,15,16,17,18). The maximum absolute atomic E-state index is 11.5. The van der Waals surface area contributed by atoms with Crippen LogP contribution in [0.3, 0.4) is 0 Å². The van der Waals surface area contributed by atoms with Gasteiger partial charge < -0.3 is 14.8 Å². The molecule has 0 aliphatic heterocycles. The van der Waals surface area contributed by atoms with E-state index in [1.165, 1.54) is 7.11 Å². The summed E-state index contributed by atoms with van der Waals surface area (Å²) in [4.78, 5) is 22.7. The summed E-state index contributed by atoms with van der Waals surface area (Å²) >= 11 is 9.18. The first kappa shape index (κ1) is 16.7. The second-order valence-corrected chi connectivity index (χ2v) is 4.98. The Hall–Kier alpha value is -1.31. The minimum Gasteiger partial charge on any atom is -0.482 e. The Morgan fingerprint density at radius 2 is 2.15 bits per heavy atom. The van der Waals surface area contributed by atoms with Crippen molar-refractivity contribution in [2.45, 2.75) is 0 Å². The van der Waals surface area contributed by atoms with Crippen LogP contribution in [0.25, 0.3) is 0 Å². The van der Waals surface area contributed by atoms with Gasteiger partial charge in [-0.05, 0) is 18.2 Å². The average Bonchev–Trinajstić information content (AvgIpc) is 2.38. The number of carbonyl (C=O) groups excluding carboxylic acids is 2. The zero-order valence-corrected chi connectivity index (χ0v) is 13.1. The first-order valence-corrected chi connectivity index (χ1v) is 6.84. The van der Waals surface area contributed by atoms with Crippen LogP contribution in [0.2, 0.25) is 5.02 Å². The lowest BCUT2D eigenvalue weighted by Crippen LogP contribution is -2.42. The van der Waals surface area contributed by atoms with Gasteiger partial charge in [0.15, 0.2) is 6.61 Å². The third kappa shape index (κ3) is 6.23. The molecule has 20 heavy (non-hydrogen) atoms. The smallest absolute Gasteiger partial charge is 0.321 e. The molecule has 0 fully saturated rings. The molecule has 3 amide bonds. The molecule has 0 heterocycles. The van der Waals surface area contributed by atoms with Gasteiger partial charge >= 0.3 is 6.03 Å². The van der Waals surface area contributed by atoms with Crippen LogP contribution >= 0.6 is 27.5 Å². The lowest BCUT2D eigenvalue weighted by molar-refractivity contribution is -0.122. The molecule has 0 aliphatic rings. The number of methoxy groups -OCH3 is 1. The Kier molecular flexibility index (Phi) is 7.35. The molecule has 110 valence electrons. The van der Waals surface area contributed by atoms with Crippen LogP contribution < -0.4 is 15.4 Å². The molecule has 0 aromatic heterocycles. The first-order chi connectivity index (χ1) is 9.52. The normalized spacial score (nSPS) is 9.95. The number of benzene rings is 1. The number of hydrogen-bond donors (Lipinski definition) is 2. The molecular formula is C12H14BrClN2O4. The Labute approximate surface area is 129 Å². The Bertz CT molecular complexity index is 485. The molecule has 0 atom stereocenters. The van der Waals surface area contributed by atoms with E-state index in [9.17, 15) is 9.59 Å². The van der Waals surface area contributed by atoms with Crippen LogP contribution in [0.4, 0.5) is 4.79 Å². The summed E-state index contributed by atoms with van der Waals surface area (Å²) in [6, 6.07) is 4.40. The lowest BCUT2D eigenvalue weighted by Gasteiger charge is -2.09. The number of ether oxygens (including phenoxy) is 2. The first-order valence-electron chi connectivity index (χ1n) is 5.67. The van der Waals surface area contributed by atoms with Gasteiger partial charge in [-0.3, -0.25) is 10.1 Å². The topological polar surface area (TPSA) is 76.7 Å². The summed E-state index contributed by atoms with van der Waals surface area (Å²) in [6.07, 6.45) is 0. The molecule has 0 bridgehead atoms. The van der Waals surface area contributed by atoms with Crippen molar-refractivity contribution in [2.24, 2.45) is 0 Å². The molecule has 0 radical (unpaired) electrons. The summed E-state index contributed by atoms with van der Waals surface area (Å²) in [5.74, 6) is -0.205. The van der Waals surface area contributed by atoms with Crippen molar-refractivity contribution in [3.8, 4) is 5.75 Å². The number of amides is 3. The molecule has 1 aromatic rings. The van der Waals surface area contributed by atoms with Gasteiger partial charge in [0.05, 0.1) is 11.6 Å². The van der Waals surface area contributed by atoms with E-state index in [2.05, 4.69) is 26.6 Å². The zero-order valence-electron chi connectivity index (χ0n) is 10.7. The van der Waals surface area contributed by atoms with Gasteiger partial charge in [0.25, 0.3) is 5.91 Å². The van der Waals surface area contributed by atoms with Gasteiger partial charge in [0, 0.05) is 18.1 Å². The quantitative estimate of drug-likeness (QED) is 0.756. The van der Waals surface area contributed by atoms with Gasteiger partial charge in [-0.2, -0.15) is 0 Å². The van der Waals surface area contributed by atoms with Gasteiger partial charge in [-0.25, -0.2) is 4.79 Å². The van der Waals surface area contributed by atoms with Crippen molar-refractivity contribution in [2.75, 3.05) is 26.9 Å². The van der Waals surface area contributed by atoms with E-state index in [1.807, 2.05) is 0 Å². The number of nitrogens with one attached hydrogen (secondary N) is 2. The van der Waals surface area contributed by atoms with Crippen molar-refractivity contribution in [3.63, 3.8) is 0 Å². The molecule has 0 aliphatic carbocycles. The van der Waals surface area contributed by atoms with E-state index >= 15 is 0 Å². The molecule has 8 heteroatoms. The number of rotatable bonds is 6. The molecule has 1 rings (SSSR count). The molecule has 6 nitrogen and oxygen atoms in total. The molecule has 2 N–H and O–H groups in total. The van der Waals surface area contributed by atoms with E-state index in [4.69, 9.17) is 21.1 Å². The van der Waals surface area contributed by atoms with Crippen LogP contribution in [0.5, 0.6) is 5.75 Å². The minimum atomic E-state index is -0.599. The SMILES string of the molecule is COCCNC(=O)NC(=O)COc1ccc(Br)cc1Cl. The second-order valence-electron chi connectivity index (χ2n) is 3.66. The average molecular weight is 366 g/mol. The summed E-state index contributed by atoms with van der Waals surface area (Å²) in [5, 5.41) is 4.94. The molecule has 0 saturated carbocycles. The molecule has 0 spiro atoms. The lowest BCUT2D eigenvalue weighted by atomic mass is 10.3. The second kappa shape index (κ2) is 8.78. The number of hydrogen-bond acceptors (Lipinski definition) is 4. The monoisotopic (exact) mass is 364 g/mol. The highest BCUT2D eigenvalue weighted by atomic mass is 79.9. The van der Waals surface area contributed by atoms with Gasteiger partial charge in [-0.1, -0.05) is 27.5 Å². The van der Waals surface area contributed by atoms with Crippen molar-refractivity contribution >= 4 is 39.5 Å². The van der Waals surface area contributed by atoms with Crippen LogP contribution in [0.15, 0.2) is 22.7 Å². The fourth-order valence-corrected chi connectivity index (χ4v) is 1.94. The van der Waals surface area contributed by atoms with Crippen molar-refractivity contribution < 1.29 is 19.1 Å². The number of urea groups is 1. The molecule has 1 aromatic carbocycles. The highest BCUT2D eigenvalue weighted by Crippen LogP contribution is 2.27. The van der Waals surface area contributed by atoms with Crippen molar-refractivity contribution in [1.82, 2.24) is 10.6 Å². The highest BCUT2D eigenvalue weighted by Gasteiger charge is 2.09. The largest absolute Gasteiger partial charge is 0.482 e. The van der Waals surface area contributed by atoms with Crippen LogP contribution in [0.1, 0.15) is 0 Å². The maximum atomic E-state index is 11.5. The Balaban J connectivity index is 2.34. The Morgan fingerprint density at radius 3 is 2.80 bits per heavy atom. The fraction of sp³-hybridized carbons (Fsp3) is 0.333. The summed E-state index contributed by atoms with van der Waals surface area (Å²) in [7, 11) is 1.51. The van der Waals surface area contributed by atoms with Crippen molar-refractivity contribution in [1.29, 1.82) is 0 Å². The summed E-state index contributed by atoms with van der Waals surface area (Å²) in [5.41, 5.74) is 0. The maximum Gasteiger partial charge on any atom is 0.321 e. The zero-order chi connectivity index (χ0) is 15.0. The van der Waals surface area contributed by atoms with E-state index < -0.39 is 11.9 Å². The van der Waals surface area contributed by atoms with Gasteiger partial charge in [-0.15, -0.1) is 0 Å². The predicted molar refractivity (Wildman–Crippen MR) is 78.1 cm³/mol. The van der Waals surface area contributed by atoms with Crippen LogP contribution in [-0.4, -0.2) is 38.8 Å². The molecular weight excluding hydrogens is 351 g/mol. The fourth-order valence-electron chi connectivity index (χ4n) is 1.21. The van der Waals surface area contributed by atoms with E-state index in [0.29, 0.717) is 23.9 Å². The highest BCUT2D eigenvalue weighted by molar-refractivity contribution is 9.10. The number of halogens is 2. The third-order valence-electron chi connectivity index (χ3n) is 2.10. The van der Waals surface area contributed by atoms with E-state index in [-0.39, 0.29) is 6.61 Å². The summed E-state index contributed by atoms with van der Waals surface area (Å²) in [6.45, 7) is 0.376. The predicted octanol–water partition coefficient (Wildman–Crippen LogP) is 1.95. The van der Waals surface area contributed by atoms with Gasteiger partial charge in [0.2, 0.25) is 0 Å². The third-order valence-corrected chi connectivity index (χ3v) is 2.89. The van der Waals surface area contributed by atoms with E-state index in [1.54, 1.807) is 18.2 Å². The van der Waals surface area contributed by atoms with Crippen LogP contribution in [-0.2, 0) is 9.53 Å². The van der Waals surface area contributed by atoms with Crippen molar-refractivity contribution in [3.05, 3.63) is 27.7 Å². The number of carbonyl (C=O) groups is 2.